The Morgan fingerprint density at radius 3 is 2.38 bits per heavy atom. The van der Waals surface area contributed by atoms with Gasteiger partial charge in [0.25, 0.3) is 11.8 Å². The fourth-order valence-electron chi connectivity index (χ4n) is 2.85. The van der Waals surface area contributed by atoms with E-state index in [2.05, 4.69) is 23.5 Å². The van der Waals surface area contributed by atoms with E-state index < -0.39 is 17.9 Å². The summed E-state index contributed by atoms with van der Waals surface area (Å²) in [4.78, 5) is 39.2. The van der Waals surface area contributed by atoms with Crippen molar-refractivity contribution in [1.29, 1.82) is 0 Å². The summed E-state index contributed by atoms with van der Waals surface area (Å²) in [5, 5.41) is 2.91. The van der Waals surface area contributed by atoms with Crippen LogP contribution in [0, 0.1) is 5.92 Å². The van der Waals surface area contributed by atoms with Crippen molar-refractivity contribution in [2.45, 2.75) is 39.7 Å². The molecule has 0 bridgehead atoms. The smallest absolute Gasteiger partial charge is 0.272 e. The van der Waals surface area contributed by atoms with Crippen LogP contribution in [0.2, 0.25) is 0 Å². The van der Waals surface area contributed by atoms with Crippen molar-refractivity contribution in [3.63, 3.8) is 0 Å². The first-order chi connectivity index (χ1) is 13.8. The van der Waals surface area contributed by atoms with Crippen LogP contribution >= 0.6 is 11.5 Å². The van der Waals surface area contributed by atoms with Crippen molar-refractivity contribution in [3.8, 4) is 0 Å². The number of nitrogen functional groups attached to an aromatic ring is 1. The zero-order valence-corrected chi connectivity index (χ0v) is 17.7. The highest BCUT2D eigenvalue weighted by atomic mass is 32.1. The molecule has 2 aromatic rings. The Kier molecular flexibility index (Phi) is 7.72. The first kappa shape index (κ1) is 22.4. The minimum absolute atomic E-state index is 0.0662. The Balaban J connectivity index is 2.40. The second-order valence-corrected chi connectivity index (χ2v) is 7.82. The van der Waals surface area contributed by atoms with Gasteiger partial charge in [-0.1, -0.05) is 39.0 Å². The van der Waals surface area contributed by atoms with Crippen LogP contribution in [0.5, 0.6) is 0 Å². The topological polar surface area (TPSA) is 131 Å². The quantitative estimate of drug-likeness (QED) is 0.576. The van der Waals surface area contributed by atoms with Gasteiger partial charge >= 0.3 is 0 Å². The lowest BCUT2D eigenvalue weighted by molar-refractivity contribution is -0.122. The summed E-state index contributed by atoms with van der Waals surface area (Å²) < 4.78 is 3.91. The first-order valence-electron chi connectivity index (χ1n) is 9.49. The van der Waals surface area contributed by atoms with E-state index in [1.165, 1.54) is 4.90 Å². The molecular formula is C20H27N5O3S. The van der Waals surface area contributed by atoms with Gasteiger partial charge in [-0.25, -0.2) is 0 Å². The summed E-state index contributed by atoms with van der Waals surface area (Å²) in [5.41, 5.74) is 11.6. The molecule has 3 amide bonds. The molecular weight excluding hydrogens is 390 g/mol. The van der Waals surface area contributed by atoms with Gasteiger partial charge in [0.05, 0.1) is 5.69 Å². The van der Waals surface area contributed by atoms with Crippen LogP contribution in [0.1, 0.15) is 53.8 Å². The SMILES string of the molecule is CCC(C(=O)NCCC(C)C)N(C(=O)c1snc(C(N)=O)c1N)c1ccccc1. The van der Waals surface area contributed by atoms with Crippen molar-refractivity contribution in [1.82, 2.24) is 9.69 Å². The number of amides is 3. The highest BCUT2D eigenvalue weighted by Gasteiger charge is 2.33. The third kappa shape index (κ3) is 5.32. The second-order valence-electron chi connectivity index (χ2n) is 7.05. The van der Waals surface area contributed by atoms with Crippen LogP contribution in [-0.2, 0) is 4.79 Å². The molecule has 2 rings (SSSR count). The van der Waals surface area contributed by atoms with Crippen LogP contribution in [0.3, 0.4) is 0 Å². The van der Waals surface area contributed by atoms with Gasteiger partial charge in [-0.3, -0.25) is 19.3 Å². The Bertz CT molecular complexity index is 866. The molecule has 156 valence electrons. The van der Waals surface area contributed by atoms with Gasteiger partial charge < -0.3 is 16.8 Å². The summed E-state index contributed by atoms with van der Waals surface area (Å²) >= 11 is 0.798. The number of para-hydroxylation sites is 1. The predicted octanol–water partition coefficient (Wildman–Crippen LogP) is 2.41. The fraction of sp³-hybridized carbons (Fsp3) is 0.400. The maximum Gasteiger partial charge on any atom is 0.272 e. The number of anilines is 2. The Labute approximate surface area is 174 Å². The fourth-order valence-corrected chi connectivity index (χ4v) is 3.60. The van der Waals surface area contributed by atoms with Gasteiger partial charge in [0, 0.05) is 12.2 Å². The number of hydrogen-bond acceptors (Lipinski definition) is 6. The molecule has 1 aromatic carbocycles. The lowest BCUT2D eigenvalue weighted by atomic mass is 10.1. The number of carbonyl (C=O) groups excluding carboxylic acids is 3. The van der Waals surface area contributed by atoms with Crippen molar-refractivity contribution in [2.24, 2.45) is 11.7 Å². The van der Waals surface area contributed by atoms with Gasteiger partial charge in [0.15, 0.2) is 5.69 Å². The van der Waals surface area contributed by atoms with E-state index in [-0.39, 0.29) is 22.2 Å². The standard InChI is InChI=1S/C20H27N5O3S/c1-4-14(19(27)23-11-10-12(2)3)25(13-8-6-5-7-9-13)20(28)17-15(21)16(18(22)26)24-29-17/h5-9,12,14H,4,10-11,21H2,1-3H3,(H2,22,26)(H,23,27). The van der Waals surface area contributed by atoms with Crippen LogP contribution in [0.25, 0.3) is 0 Å². The molecule has 1 heterocycles. The van der Waals surface area contributed by atoms with E-state index in [1.54, 1.807) is 24.3 Å². The molecule has 0 saturated carbocycles. The Hall–Kier alpha value is -2.94. The van der Waals surface area contributed by atoms with E-state index in [0.29, 0.717) is 24.6 Å². The van der Waals surface area contributed by atoms with Gasteiger partial charge in [-0.05, 0) is 42.4 Å². The van der Waals surface area contributed by atoms with E-state index in [9.17, 15) is 14.4 Å². The third-order valence-electron chi connectivity index (χ3n) is 4.43. The Morgan fingerprint density at radius 1 is 1.21 bits per heavy atom. The summed E-state index contributed by atoms with van der Waals surface area (Å²) in [6.07, 6.45) is 1.24. The molecule has 8 nitrogen and oxygen atoms in total. The summed E-state index contributed by atoms with van der Waals surface area (Å²) in [7, 11) is 0. The van der Waals surface area contributed by atoms with Crippen molar-refractivity contribution >= 4 is 40.6 Å². The molecule has 0 aliphatic heterocycles. The van der Waals surface area contributed by atoms with Crippen molar-refractivity contribution < 1.29 is 14.4 Å². The van der Waals surface area contributed by atoms with E-state index in [1.807, 2.05) is 13.0 Å². The van der Waals surface area contributed by atoms with Gasteiger partial charge in [0.1, 0.15) is 10.9 Å². The molecule has 0 fully saturated rings. The van der Waals surface area contributed by atoms with Crippen molar-refractivity contribution in [3.05, 3.63) is 40.9 Å². The van der Waals surface area contributed by atoms with Crippen LogP contribution in [0.15, 0.2) is 30.3 Å². The molecule has 0 spiro atoms. The van der Waals surface area contributed by atoms with Gasteiger partial charge in [-0.2, -0.15) is 4.37 Å². The van der Waals surface area contributed by atoms with E-state index in [4.69, 9.17) is 11.5 Å². The number of nitrogens with two attached hydrogens (primary N) is 2. The number of primary amides is 1. The molecule has 29 heavy (non-hydrogen) atoms. The average molecular weight is 418 g/mol. The normalized spacial score (nSPS) is 11.9. The first-order valence-corrected chi connectivity index (χ1v) is 10.3. The maximum absolute atomic E-state index is 13.4. The average Bonchev–Trinajstić information content (AvgIpc) is 3.07. The number of aromatic nitrogens is 1. The predicted molar refractivity (Wildman–Crippen MR) is 115 cm³/mol. The molecule has 1 atom stereocenters. The van der Waals surface area contributed by atoms with Crippen LogP contribution < -0.4 is 21.7 Å². The largest absolute Gasteiger partial charge is 0.395 e. The molecule has 5 N–H and O–H groups in total. The Morgan fingerprint density at radius 2 is 1.86 bits per heavy atom. The number of benzene rings is 1. The zero-order chi connectivity index (χ0) is 21.6. The molecule has 0 radical (unpaired) electrons. The lowest BCUT2D eigenvalue weighted by Gasteiger charge is -2.30. The molecule has 1 aromatic heterocycles. The molecule has 0 aliphatic carbocycles. The van der Waals surface area contributed by atoms with Gasteiger partial charge in [-0.15, -0.1) is 0 Å². The molecule has 1 unspecified atom stereocenters. The second kappa shape index (κ2) is 10.0. The zero-order valence-electron chi connectivity index (χ0n) is 16.8. The lowest BCUT2D eigenvalue weighted by Crippen LogP contribution is -2.50. The van der Waals surface area contributed by atoms with E-state index in [0.717, 1.165) is 18.0 Å². The highest BCUT2D eigenvalue weighted by Crippen LogP contribution is 2.28. The minimum Gasteiger partial charge on any atom is -0.395 e. The number of nitrogens with one attached hydrogen (secondary N) is 1. The van der Waals surface area contributed by atoms with Crippen molar-refractivity contribution in [2.75, 3.05) is 17.2 Å². The monoisotopic (exact) mass is 417 g/mol. The minimum atomic E-state index is -0.803. The molecule has 0 saturated heterocycles. The van der Waals surface area contributed by atoms with Gasteiger partial charge in [0.2, 0.25) is 5.91 Å². The number of hydrogen-bond donors (Lipinski definition) is 3. The molecule has 0 aliphatic rings. The number of carbonyl (C=O) groups is 3. The summed E-state index contributed by atoms with van der Waals surface area (Å²) in [5.74, 6) is -1.10. The van der Waals surface area contributed by atoms with E-state index >= 15 is 0 Å². The molecule has 9 heteroatoms. The third-order valence-corrected chi connectivity index (χ3v) is 5.28. The highest BCUT2D eigenvalue weighted by molar-refractivity contribution is 7.09. The number of rotatable bonds is 9. The van der Waals surface area contributed by atoms with Crippen LogP contribution in [-0.4, -0.2) is 34.7 Å². The summed E-state index contributed by atoms with van der Waals surface area (Å²) in [6, 6.07) is 8.13. The maximum atomic E-state index is 13.4. The summed E-state index contributed by atoms with van der Waals surface area (Å²) in [6.45, 7) is 6.51. The number of nitrogens with zero attached hydrogens (tertiary/aromatic N) is 2. The van der Waals surface area contributed by atoms with Crippen LogP contribution in [0.4, 0.5) is 11.4 Å².